The maximum absolute atomic E-state index is 13.1. The van der Waals surface area contributed by atoms with E-state index in [2.05, 4.69) is 11.1 Å². The van der Waals surface area contributed by atoms with Crippen LogP contribution in [0.4, 0.5) is 8.78 Å². The molecule has 80 valence electrons. The van der Waals surface area contributed by atoms with E-state index in [0.29, 0.717) is 16.3 Å². The molecule has 0 spiro atoms. The van der Waals surface area contributed by atoms with Gasteiger partial charge >= 0.3 is 0 Å². The third kappa shape index (κ3) is 1.61. The molecular weight excluding hydrogens is 210 g/mol. The first-order chi connectivity index (χ1) is 7.63. The molecule has 4 heteroatoms. The Morgan fingerprint density at radius 1 is 1.25 bits per heavy atom. The average molecular weight is 218 g/mol. The number of halogens is 2. The first-order valence-electron chi connectivity index (χ1n) is 4.75. The summed E-state index contributed by atoms with van der Waals surface area (Å²) in [5.41, 5.74) is 0.610. The molecule has 1 heterocycles. The summed E-state index contributed by atoms with van der Waals surface area (Å²) >= 11 is 0. The first kappa shape index (κ1) is 10.5. The number of pyridine rings is 1. The smallest absolute Gasteiger partial charge is 0.159 e. The summed E-state index contributed by atoms with van der Waals surface area (Å²) in [6, 6.07) is 4.25. The molecule has 0 N–H and O–H groups in total. The van der Waals surface area contributed by atoms with E-state index in [-0.39, 0.29) is 0 Å². The highest BCUT2D eigenvalue weighted by Gasteiger charge is 2.12. The maximum Gasteiger partial charge on any atom is 0.159 e. The van der Waals surface area contributed by atoms with Gasteiger partial charge in [-0.05, 0) is 30.0 Å². The van der Waals surface area contributed by atoms with Crippen LogP contribution in [0.15, 0.2) is 24.5 Å². The molecule has 0 unspecified atom stereocenters. The molecule has 0 amide bonds. The van der Waals surface area contributed by atoms with Gasteiger partial charge in [0.1, 0.15) is 0 Å². The molecule has 0 fully saturated rings. The first-order valence-corrected chi connectivity index (χ1v) is 4.75. The number of rotatable bonds is 1. The van der Waals surface area contributed by atoms with Gasteiger partial charge in [0.05, 0.1) is 12.0 Å². The molecule has 1 atom stereocenters. The average Bonchev–Trinajstić information content (AvgIpc) is 2.29. The minimum absolute atomic E-state index is 0.402. The zero-order chi connectivity index (χ0) is 11.7. The van der Waals surface area contributed by atoms with Crippen molar-refractivity contribution in [3.8, 4) is 6.07 Å². The van der Waals surface area contributed by atoms with Crippen molar-refractivity contribution in [1.29, 1.82) is 5.26 Å². The van der Waals surface area contributed by atoms with Crippen LogP contribution < -0.4 is 0 Å². The Morgan fingerprint density at radius 3 is 2.62 bits per heavy atom. The molecule has 1 aromatic carbocycles. The molecule has 0 saturated carbocycles. The highest BCUT2D eigenvalue weighted by atomic mass is 19.2. The summed E-state index contributed by atoms with van der Waals surface area (Å²) in [6.07, 6.45) is 2.96. The lowest BCUT2D eigenvalue weighted by Crippen LogP contribution is -1.95. The van der Waals surface area contributed by atoms with E-state index < -0.39 is 17.6 Å². The van der Waals surface area contributed by atoms with Crippen LogP contribution in [0.3, 0.4) is 0 Å². The molecule has 2 nitrogen and oxygen atoms in total. The molecule has 1 aromatic heterocycles. The Hall–Kier alpha value is -2.02. The fourth-order valence-electron chi connectivity index (χ4n) is 1.60. The molecule has 2 aromatic rings. The predicted octanol–water partition coefficient (Wildman–Crippen LogP) is 3.14. The van der Waals surface area contributed by atoms with Gasteiger partial charge < -0.3 is 0 Å². The van der Waals surface area contributed by atoms with E-state index in [9.17, 15) is 8.78 Å². The van der Waals surface area contributed by atoms with Gasteiger partial charge in [-0.1, -0.05) is 0 Å². The lowest BCUT2D eigenvalue weighted by molar-refractivity contribution is 0.511. The monoisotopic (exact) mass is 218 g/mol. The van der Waals surface area contributed by atoms with Gasteiger partial charge in [0, 0.05) is 17.8 Å². The number of hydrogen-bond donors (Lipinski definition) is 0. The number of fused-ring (bicyclic) bond motifs is 1. The van der Waals surface area contributed by atoms with Gasteiger partial charge in [-0.15, -0.1) is 0 Å². The van der Waals surface area contributed by atoms with Crippen LogP contribution in [-0.2, 0) is 0 Å². The van der Waals surface area contributed by atoms with Crippen molar-refractivity contribution in [2.45, 2.75) is 12.8 Å². The van der Waals surface area contributed by atoms with Crippen LogP contribution in [0.5, 0.6) is 0 Å². The van der Waals surface area contributed by atoms with Gasteiger partial charge in [0.2, 0.25) is 0 Å². The lowest BCUT2D eigenvalue weighted by Gasteiger charge is -2.07. The third-order valence-electron chi connectivity index (χ3n) is 2.49. The quantitative estimate of drug-likeness (QED) is 0.737. The van der Waals surface area contributed by atoms with Gasteiger partial charge in [-0.3, -0.25) is 4.98 Å². The topological polar surface area (TPSA) is 36.7 Å². The third-order valence-corrected chi connectivity index (χ3v) is 2.49. The number of benzene rings is 1. The van der Waals surface area contributed by atoms with E-state index >= 15 is 0 Å². The highest BCUT2D eigenvalue weighted by molar-refractivity contribution is 5.85. The number of nitrogens with zero attached hydrogens (tertiary/aromatic N) is 2. The molecule has 0 aliphatic carbocycles. The van der Waals surface area contributed by atoms with Crippen LogP contribution in [0, 0.1) is 23.0 Å². The Labute approximate surface area is 91.2 Å². The Kier molecular flexibility index (Phi) is 2.53. The molecule has 0 aliphatic rings. The summed E-state index contributed by atoms with van der Waals surface area (Å²) in [5, 5.41) is 9.86. The second-order valence-electron chi connectivity index (χ2n) is 3.57. The maximum atomic E-state index is 13.1. The van der Waals surface area contributed by atoms with Crippen molar-refractivity contribution in [3.63, 3.8) is 0 Å². The summed E-state index contributed by atoms with van der Waals surface area (Å²) in [6.45, 7) is 1.69. The number of aromatic nitrogens is 1. The highest BCUT2D eigenvalue weighted by Crippen LogP contribution is 2.26. The molecule has 0 saturated heterocycles. The van der Waals surface area contributed by atoms with E-state index in [1.165, 1.54) is 12.4 Å². The summed E-state index contributed by atoms with van der Waals surface area (Å²) in [7, 11) is 0. The van der Waals surface area contributed by atoms with Gasteiger partial charge in [-0.2, -0.15) is 5.26 Å². The summed E-state index contributed by atoms with van der Waals surface area (Å²) in [4.78, 5) is 3.91. The SMILES string of the molecule is C[C@@H](C#N)c1cncc2cc(F)c(F)cc12. The zero-order valence-electron chi connectivity index (χ0n) is 8.54. The van der Waals surface area contributed by atoms with Gasteiger partial charge in [0.25, 0.3) is 0 Å². The van der Waals surface area contributed by atoms with Gasteiger partial charge in [-0.25, -0.2) is 8.78 Å². The molecule has 2 rings (SSSR count). The fourth-order valence-corrected chi connectivity index (χ4v) is 1.60. The van der Waals surface area contributed by atoms with Gasteiger partial charge in [0.15, 0.2) is 11.6 Å². The van der Waals surface area contributed by atoms with Crippen molar-refractivity contribution in [2.75, 3.05) is 0 Å². The van der Waals surface area contributed by atoms with Crippen molar-refractivity contribution in [3.05, 3.63) is 41.7 Å². The Morgan fingerprint density at radius 2 is 1.94 bits per heavy atom. The molecule has 0 aliphatic heterocycles. The van der Waals surface area contributed by atoms with Crippen LogP contribution in [0.1, 0.15) is 18.4 Å². The molecule has 16 heavy (non-hydrogen) atoms. The number of nitriles is 1. The second-order valence-corrected chi connectivity index (χ2v) is 3.57. The van der Waals surface area contributed by atoms with Crippen molar-refractivity contribution in [2.24, 2.45) is 0 Å². The zero-order valence-corrected chi connectivity index (χ0v) is 8.54. The largest absolute Gasteiger partial charge is 0.264 e. The fraction of sp³-hybridized carbons (Fsp3) is 0.167. The standard InChI is InChI=1S/C12H8F2N2/c1-7(4-15)10-6-16-5-8-2-11(13)12(14)3-9(8)10/h2-3,5-7H,1H3/t7-/m0/s1. The van der Waals surface area contributed by atoms with Crippen molar-refractivity contribution < 1.29 is 8.78 Å². The predicted molar refractivity (Wildman–Crippen MR) is 55.7 cm³/mol. The van der Waals surface area contributed by atoms with E-state index in [0.717, 1.165) is 12.1 Å². The normalized spacial score (nSPS) is 12.4. The van der Waals surface area contributed by atoms with E-state index in [1.54, 1.807) is 6.92 Å². The van der Waals surface area contributed by atoms with Crippen molar-refractivity contribution in [1.82, 2.24) is 4.98 Å². The Bertz CT molecular complexity index is 587. The van der Waals surface area contributed by atoms with Crippen LogP contribution in [0.25, 0.3) is 10.8 Å². The second kappa shape index (κ2) is 3.86. The van der Waals surface area contributed by atoms with Crippen LogP contribution in [-0.4, -0.2) is 4.98 Å². The van der Waals surface area contributed by atoms with Crippen LogP contribution in [0.2, 0.25) is 0 Å². The number of hydrogen-bond acceptors (Lipinski definition) is 2. The minimum atomic E-state index is -0.912. The van der Waals surface area contributed by atoms with E-state index in [4.69, 9.17) is 5.26 Å². The molecular formula is C12H8F2N2. The Balaban J connectivity index is 2.78. The van der Waals surface area contributed by atoms with Crippen LogP contribution >= 0.6 is 0 Å². The van der Waals surface area contributed by atoms with E-state index in [1.807, 2.05) is 0 Å². The summed E-state index contributed by atoms with van der Waals surface area (Å²) < 4.78 is 26.1. The molecule has 0 bridgehead atoms. The van der Waals surface area contributed by atoms with Crippen molar-refractivity contribution >= 4 is 10.8 Å². The lowest BCUT2D eigenvalue weighted by atomic mass is 9.98. The summed E-state index contributed by atoms with van der Waals surface area (Å²) in [5.74, 6) is -2.22. The molecule has 0 radical (unpaired) electrons. The minimum Gasteiger partial charge on any atom is -0.264 e.